The minimum atomic E-state index is -0.655. The summed E-state index contributed by atoms with van der Waals surface area (Å²) in [5, 5.41) is 2.81. The molecule has 0 spiro atoms. The van der Waals surface area contributed by atoms with Crippen molar-refractivity contribution in [3.8, 4) is 0 Å². The van der Waals surface area contributed by atoms with Gasteiger partial charge >= 0.3 is 6.09 Å². The van der Waals surface area contributed by atoms with Crippen molar-refractivity contribution in [1.82, 2.24) is 4.90 Å². The van der Waals surface area contributed by atoms with Gasteiger partial charge in [-0.1, -0.05) is 29.8 Å². The first-order valence-electron chi connectivity index (χ1n) is 8.22. The van der Waals surface area contributed by atoms with Crippen molar-refractivity contribution >= 4 is 39.3 Å². The number of carbonyl (C=O) groups excluding carboxylic acids is 2. The smallest absolute Gasteiger partial charge is 0.410 e. The Labute approximate surface area is 158 Å². The molecule has 0 aliphatic rings. The summed E-state index contributed by atoms with van der Waals surface area (Å²) in [5.74, 6) is -0.0704. The number of likely N-dealkylation sites (N-methyl/N-ethyl adjacent to an activating group) is 1. The average molecular weight is 414 g/mol. The Morgan fingerprint density at radius 2 is 1.92 bits per heavy atom. The van der Waals surface area contributed by atoms with Crippen LogP contribution in [0.4, 0.5) is 16.2 Å². The van der Waals surface area contributed by atoms with Gasteiger partial charge in [-0.15, -0.1) is 0 Å². The molecular formula is C18H28BrN3O3. The molecule has 0 fully saturated rings. The van der Waals surface area contributed by atoms with Crippen molar-refractivity contribution in [2.75, 3.05) is 18.1 Å². The van der Waals surface area contributed by atoms with Crippen LogP contribution in [0.1, 0.15) is 41.0 Å². The molecule has 7 heteroatoms. The number of nitrogen functional groups attached to an aromatic ring is 1. The maximum Gasteiger partial charge on any atom is 0.410 e. The van der Waals surface area contributed by atoms with Crippen molar-refractivity contribution in [3.63, 3.8) is 0 Å². The van der Waals surface area contributed by atoms with E-state index in [4.69, 9.17) is 10.5 Å². The monoisotopic (exact) mass is 413 g/mol. The molecule has 140 valence electrons. The number of hydrogen-bond donors (Lipinski definition) is 2. The van der Waals surface area contributed by atoms with Crippen molar-refractivity contribution in [2.45, 2.75) is 52.7 Å². The molecule has 1 unspecified atom stereocenters. The fourth-order valence-corrected chi connectivity index (χ4v) is 2.59. The molecule has 6 nitrogen and oxygen atoms in total. The van der Waals surface area contributed by atoms with E-state index in [1.54, 1.807) is 46.0 Å². The number of ether oxygens (including phenoxy) is 1. The predicted octanol–water partition coefficient (Wildman–Crippen LogP) is 4.25. The molecule has 1 rings (SSSR count). The largest absolute Gasteiger partial charge is 0.444 e. The molecule has 0 saturated carbocycles. The molecule has 2 amide bonds. The first-order chi connectivity index (χ1) is 11.4. The van der Waals surface area contributed by atoms with Crippen LogP contribution in [0.5, 0.6) is 0 Å². The topological polar surface area (TPSA) is 84.7 Å². The summed E-state index contributed by atoms with van der Waals surface area (Å²) < 4.78 is 6.20. The molecule has 3 N–H and O–H groups in total. The van der Waals surface area contributed by atoms with Gasteiger partial charge in [0.15, 0.2) is 0 Å². The second-order valence-corrected chi connectivity index (χ2v) is 8.37. The Morgan fingerprint density at radius 1 is 1.32 bits per heavy atom. The summed E-state index contributed by atoms with van der Waals surface area (Å²) >= 11 is 3.33. The number of hydrogen-bond acceptors (Lipinski definition) is 4. The van der Waals surface area contributed by atoms with E-state index < -0.39 is 17.7 Å². The quantitative estimate of drug-likeness (QED) is 0.706. The predicted molar refractivity (Wildman–Crippen MR) is 104 cm³/mol. The summed E-state index contributed by atoms with van der Waals surface area (Å²) in [7, 11) is 1.58. The van der Waals surface area contributed by atoms with Crippen molar-refractivity contribution in [1.29, 1.82) is 0 Å². The van der Waals surface area contributed by atoms with Gasteiger partial charge in [-0.3, -0.25) is 9.69 Å². The fraction of sp³-hybridized carbons (Fsp3) is 0.556. The average Bonchev–Trinajstić information content (AvgIpc) is 2.44. The molecule has 0 heterocycles. The van der Waals surface area contributed by atoms with Gasteiger partial charge in [-0.05, 0) is 51.3 Å². The van der Waals surface area contributed by atoms with Gasteiger partial charge in [0.25, 0.3) is 0 Å². The highest BCUT2D eigenvalue weighted by Crippen LogP contribution is 2.24. The SMILES string of the molecule is CC(C)CC(C(=O)Nc1ccc(Br)cc1N)N(C)C(=O)OC(C)(C)C. The zero-order valence-corrected chi connectivity index (χ0v) is 17.3. The minimum Gasteiger partial charge on any atom is -0.444 e. The number of benzene rings is 1. The Morgan fingerprint density at radius 3 is 2.40 bits per heavy atom. The fourth-order valence-electron chi connectivity index (χ4n) is 2.21. The molecule has 1 aromatic carbocycles. The highest BCUT2D eigenvalue weighted by Gasteiger charge is 2.31. The maximum atomic E-state index is 12.8. The van der Waals surface area contributed by atoms with Gasteiger partial charge in [0.05, 0.1) is 11.4 Å². The lowest BCUT2D eigenvalue weighted by Gasteiger charge is -2.31. The molecule has 25 heavy (non-hydrogen) atoms. The molecule has 0 bridgehead atoms. The van der Waals surface area contributed by atoms with Gasteiger partial charge in [0.2, 0.25) is 5.91 Å². The number of nitrogens with two attached hydrogens (primary N) is 1. The summed E-state index contributed by atoms with van der Waals surface area (Å²) in [5.41, 5.74) is 6.28. The Balaban J connectivity index is 2.96. The third kappa shape index (κ3) is 6.94. The number of rotatable bonds is 5. The molecule has 0 radical (unpaired) electrons. The first-order valence-corrected chi connectivity index (χ1v) is 9.01. The third-order valence-electron chi connectivity index (χ3n) is 3.42. The minimum absolute atomic E-state index is 0.225. The van der Waals surface area contributed by atoms with Crippen molar-refractivity contribution in [2.24, 2.45) is 5.92 Å². The molecule has 0 aromatic heterocycles. The van der Waals surface area contributed by atoms with E-state index in [1.165, 1.54) is 4.90 Å². The Bertz CT molecular complexity index is 626. The van der Waals surface area contributed by atoms with Crippen LogP contribution in [0.25, 0.3) is 0 Å². The third-order valence-corrected chi connectivity index (χ3v) is 3.91. The molecule has 0 saturated heterocycles. The normalized spacial score (nSPS) is 12.6. The molecule has 0 aliphatic carbocycles. The highest BCUT2D eigenvalue weighted by molar-refractivity contribution is 9.10. The number of halogens is 1. The van der Waals surface area contributed by atoms with Crippen LogP contribution in [0.3, 0.4) is 0 Å². The van der Waals surface area contributed by atoms with Crippen LogP contribution >= 0.6 is 15.9 Å². The van der Waals surface area contributed by atoms with Crippen LogP contribution in [-0.4, -0.2) is 35.6 Å². The van der Waals surface area contributed by atoms with Crippen LogP contribution in [0.15, 0.2) is 22.7 Å². The number of amides is 2. The molecule has 1 atom stereocenters. The van der Waals surface area contributed by atoms with E-state index >= 15 is 0 Å². The van der Waals surface area contributed by atoms with E-state index in [2.05, 4.69) is 21.2 Å². The van der Waals surface area contributed by atoms with E-state index in [0.717, 1.165) is 4.47 Å². The van der Waals surface area contributed by atoms with Crippen LogP contribution < -0.4 is 11.1 Å². The van der Waals surface area contributed by atoms with Crippen molar-refractivity contribution in [3.05, 3.63) is 22.7 Å². The summed E-state index contributed by atoms with van der Waals surface area (Å²) in [4.78, 5) is 26.5. The van der Waals surface area contributed by atoms with E-state index in [9.17, 15) is 9.59 Å². The van der Waals surface area contributed by atoms with Crippen molar-refractivity contribution < 1.29 is 14.3 Å². The van der Waals surface area contributed by atoms with E-state index in [1.807, 2.05) is 13.8 Å². The Kier molecular flexibility index (Phi) is 7.29. The van der Waals surface area contributed by atoms with E-state index in [0.29, 0.717) is 17.8 Å². The summed E-state index contributed by atoms with van der Waals surface area (Å²) in [6.07, 6.45) is -0.0186. The lowest BCUT2D eigenvalue weighted by molar-refractivity contribution is -0.121. The lowest BCUT2D eigenvalue weighted by Crippen LogP contribution is -2.47. The first kappa shape index (κ1) is 21.3. The van der Waals surface area contributed by atoms with E-state index in [-0.39, 0.29) is 11.8 Å². The van der Waals surface area contributed by atoms with Gasteiger partial charge in [0, 0.05) is 11.5 Å². The summed E-state index contributed by atoms with van der Waals surface area (Å²) in [6, 6.07) is 4.57. The number of carbonyl (C=O) groups is 2. The number of nitrogens with one attached hydrogen (secondary N) is 1. The van der Waals surface area contributed by atoms with Gasteiger partial charge < -0.3 is 15.8 Å². The van der Waals surface area contributed by atoms with Gasteiger partial charge in [0.1, 0.15) is 11.6 Å². The van der Waals surface area contributed by atoms with Crippen LogP contribution in [0, 0.1) is 5.92 Å². The zero-order chi connectivity index (χ0) is 19.4. The zero-order valence-electron chi connectivity index (χ0n) is 15.7. The van der Waals surface area contributed by atoms with Crippen LogP contribution in [0.2, 0.25) is 0 Å². The Hall–Kier alpha value is -1.76. The van der Waals surface area contributed by atoms with Gasteiger partial charge in [-0.2, -0.15) is 0 Å². The molecule has 0 aliphatic heterocycles. The molecular weight excluding hydrogens is 386 g/mol. The van der Waals surface area contributed by atoms with Crippen LogP contribution in [-0.2, 0) is 9.53 Å². The maximum absolute atomic E-state index is 12.8. The summed E-state index contributed by atoms with van der Waals surface area (Å²) in [6.45, 7) is 9.37. The lowest BCUT2D eigenvalue weighted by atomic mass is 10.0. The standard InChI is InChI=1S/C18H28BrN3O3/c1-11(2)9-15(22(6)17(24)25-18(3,4)5)16(23)21-14-8-7-12(19)10-13(14)20/h7-8,10-11,15H,9,20H2,1-6H3,(H,21,23). The second-order valence-electron chi connectivity index (χ2n) is 7.46. The molecule has 1 aromatic rings. The number of anilines is 2. The van der Waals surface area contributed by atoms with Gasteiger partial charge in [-0.25, -0.2) is 4.79 Å². The number of nitrogens with zero attached hydrogens (tertiary/aromatic N) is 1. The second kappa shape index (κ2) is 8.56. The highest BCUT2D eigenvalue weighted by atomic mass is 79.9.